The lowest BCUT2D eigenvalue weighted by atomic mass is 10.1. The van der Waals surface area contributed by atoms with Crippen LogP contribution in [0.4, 0.5) is 0 Å². The second-order valence-corrected chi connectivity index (χ2v) is 7.13. The number of fused-ring (bicyclic) bond motifs is 1. The molecule has 2 aromatic carbocycles. The standard InChI is InChI=1S/C23H24N2O5/c1-3-4-12-25-21(27)18-11-10-17(13-19(18)22(25)28)23(29)30-15(2)20(26)24-14-16-8-6-5-7-9-16/h5-11,13,15H,3-4,12,14H2,1-2H3,(H,24,26). The Morgan fingerprint density at radius 3 is 2.43 bits per heavy atom. The second-order valence-electron chi connectivity index (χ2n) is 7.13. The molecule has 3 rings (SSSR count). The van der Waals surface area contributed by atoms with Gasteiger partial charge in [-0.3, -0.25) is 19.3 Å². The van der Waals surface area contributed by atoms with Crippen molar-refractivity contribution < 1.29 is 23.9 Å². The summed E-state index contributed by atoms with van der Waals surface area (Å²) in [6.07, 6.45) is 0.568. The van der Waals surface area contributed by atoms with Gasteiger partial charge in [-0.25, -0.2) is 4.79 Å². The maximum atomic E-state index is 12.5. The fraction of sp³-hybridized carbons (Fsp3) is 0.304. The highest BCUT2D eigenvalue weighted by atomic mass is 16.5. The highest BCUT2D eigenvalue weighted by molar-refractivity contribution is 6.22. The largest absolute Gasteiger partial charge is 0.449 e. The molecular formula is C23H24N2O5. The number of ether oxygens (including phenoxy) is 1. The van der Waals surface area contributed by atoms with Crippen LogP contribution in [0, 0.1) is 0 Å². The summed E-state index contributed by atoms with van der Waals surface area (Å²) in [7, 11) is 0. The first kappa shape index (κ1) is 21.2. The molecule has 1 aliphatic heterocycles. The molecule has 0 spiro atoms. The molecule has 0 saturated carbocycles. The highest BCUT2D eigenvalue weighted by Gasteiger charge is 2.35. The van der Waals surface area contributed by atoms with E-state index >= 15 is 0 Å². The van der Waals surface area contributed by atoms with E-state index < -0.39 is 23.9 Å². The van der Waals surface area contributed by atoms with Gasteiger partial charge in [0.25, 0.3) is 17.7 Å². The molecular weight excluding hydrogens is 384 g/mol. The van der Waals surface area contributed by atoms with E-state index in [-0.39, 0.29) is 22.6 Å². The number of benzene rings is 2. The topological polar surface area (TPSA) is 92.8 Å². The molecule has 7 heteroatoms. The first-order chi connectivity index (χ1) is 14.4. The number of nitrogens with one attached hydrogen (secondary N) is 1. The van der Waals surface area contributed by atoms with Gasteiger partial charge in [0.1, 0.15) is 0 Å². The second kappa shape index (κ2) is 9.35. The van der Waals surface area contributed by atoms with E-state index in [9.17, 15) is 19.2 Å². The summed E-state index contributed by atoms with van der Waals surface area (Å²) >= 11 is 0. The number of unbranched alkanes of at least 4 members (excludes halogenated alkanes) is 1. The van der Waals surface area contributed by atoms with Gasteiger partial charge in [0.2, 0.25) is 0 Å². The first-order valence-electron chi connectivity index (χ1n) is 9.95. The molecule has 0 radical (unpaired) electrons. The SMILES string of the molecule is CCCCN1C(=O)c2ccc(C(=O)OC(C)C(=O)NCc3ccccc3)cc2C1=O. The zero-order valence-electron chi connectivity index (χ0n) is 17.0. The van der Waals surface area contributed by atoms with E-state index in [2.05, 4.69) is 5.32 Å². The van der Waals surface area contributed by atoms with E-state index in [1.165, 1.54) is 30.0 Å². The van der Waals surface area contributed by atoms with Crippen LogP contribution in [0.1, 0.15) is 63.3 Å². The Bertz CT molecular complexity index is 971. The van der Waals surface area contributed by atoms with Crippen molar-refractivity contribution in [3.63, 3.8) is 0 Å². The summed E-state index contributed by atoms with van der Waals surface area (Å²) in [5.74, 6) is -1.92. The third-order valence-corrected chi connectivity index (χ3v) is 4.90. The Hall–Kier alpha value is -3.48. The van der Waals surface area contributed by atoms with Gasteiger partial charge >= 0.3 is 5.97 Å². The van der Waals surface area contributed by atoms with Crippen LogP contribution in [-0.4, -0.2) is 41.2 Å². The third-order valence-electron chi connectivity index (χ3n) is 4.90. The van der Waals surface area contributed by atoms with Crippen LogP contribution in [0.5, 0.6) is 0 Å². The summed E-state index contributed by atoms with van der Waals surface area (Å²) in [5, 5.41) is 2.71. The molecule has 0 saturated heterocycles. The van der Waals surface area contributed by atoms with Gasteiger partial charge in [0, 0.05) is 13.1 Å². The fourth-order valence-electron chi connectivity index (χ4n) is 3.15. The van der Waals surface area contributed by atoms with Gasteiger partial charge in [-0.15, -0.1) is 0 Å². The summed E-state index contributed by atoms with van der Waals surface area (Å²) in [4.78, 5) is 50.8. The van der Waals surface area contributed by atoms with Crippen LogP contribution in [-0.2, 0) is 16.1 Å². The number of esters is 1. The molecule has 1 atom stereocenters. The molecule has 0 aliphatic carbocycles. The van der Waals surface area contributed by atoms with Crippen LogP contribution in [0.15, 0.2) is 48.5 Å². The lowest BCUT2D eigenvalue weighted by molar-refractivity contribution is -0.129. The molecule has 30 heavy (non-hydrogen) atoms. The van der Waals surface area contributed by atoms with E-state index in [0.29, 0.717) is 13.1 Å². The molecule has 156 valence electrons. The van der Waals surface area contributed by atoms with Crippen LogP contribution in [0.25, 0.3) is 0 Å². The minimum absolute atomic E-state index is 0.120. The van der Waals surface area contributed by atoms with Gasteiger partial charge < -0.3 is 10.1 Å². The van der Waals surface area contributed by atoms with Gasteiger partial charge in [0.05, 0.1) is 16.7 Å². The van der Waals surface area contributed by atoms with Crippen molar-refractivity contribution in [1.82, 2.24) is 10.2 Å². The van der Waals surface area contributed by atoms with Crippen LogP contribution < -0.4 is 5.32 Å². The smallest absolute Gasteiger partial charge is 0.338 e. The van der Waals surface area contributed by atoms with Crippen molar-refractivity contribution in [2.24, 2.45) is 0 Å². The van der Waals surface area contributed by atoms with Crippen molar-refractivity contribution in [2.45, 2.75) is 39.3 Å². The minimum Gasteiger partial charge on any atom is -0.449 e. The maximum absolute atomic E-state index is 12.5. The summed E-state index contributed by atoms with van der Waals surface area (Å²) in [6.45, 7) is 4.13. The number of nitrogens with zero attached hydrogens (tertiary/aromatic N) is 1. The quantitative estimate of drug-likeness (QED) is 0.536. The number of carbonyl (C=O) groups is 4. The van der Waals surface area contributed by atoms with Crippen LogP contribution >= 0.6 is 0 Å². The Morgan fingerprint density at radius 1 is 1.03 bits per heavy atom. The molecule has 1 N–H and O–H groups in total. The van der Waals surface area contributed by atoms with Crippen molar-refractivity contribution >= 4 is 23.7 Å². The number of rotatable bonds is 8. The highest BCUT2D eigenvalue weighted by Crippen LogP contribution is 2.25. The van der Waals surface area contributed by atoms with Crippen molar-refractivity contribution in [2.75, 3.05) is 6.54 Å². The zero-order chi connectivity index (χ0) is 21.7. The van der Waals surface area contributed by atoms with Crippen molar-refractivity contribution in [3.8, 4) is 0 Å². The molecule has 2 aromatic rings. The van der Waals surface area contributed by atoms with Gasteiger partial charge in [-0.1, -0.05) is 43.7 Å². The van der Waals surface area contributed by atoms with Gasteiger partial charge in [0.15, 0.2) is 6.10 Å². The molecule has 0 bridgehead atoms. The predicted molar refractivity (Wildman–Crippen MR) is 110 cm³/mol. The Morgan fingerprint density at radius 2 is 1.73 bits per heavy atom. The summed E-state index contributed by atoms with van der Waals surface area (Å²) in [6, 6.07) is 13.6. The Labute approximate surface area is 175 Å². The predicted octanol–water partition coefficient (Wildman–Crippen LogP) is 2.94. The van der Waals surface area contributed by atoms with Crippen molar-refractivity contribution in [1.29, 1.82) is 0 Å². The molecule has 1 heterocycles. The van der Waals surface area contributed by atoms with E-state index in [1.54, 1.807) is 0 Å². The number of hydrogen-bond acceptors (Lipinski definition) is 5. The molecule has 7 nitrogen and oxygen atoms in total. The summed E-state index contributed by atoms with van der Waals surface area (Å²) < 4.78 is 5.24. The number of carbonyl (C=O) groups excluding carboxylic acids is 4. The number of hydrogen-bond donors (Lipinski definition) is 1. The molecule has 1 aliphatic rings. The molecule has 0 aromatic heterocycles. The average molecular weight is 408 g/mol. The molecule has 3 amide bonds. The lowest BCUT2D eigenvalue weighted by Crippen LogP contribution is -2.35. The normalized spacial score (nSPS) is 13.7. The maximum Gasteiger partial charge on any atom is 0.338 e. The minimum atomic E-state index is -1.01. The van der Waals surface area contributed by atoms with Gasteiger partial charge in [-0.2, -0.15) is 0 Å². The number of imide groups is 1. The number of amides is 3. The van der Waals surface area contributed by atoms with Crippen molar-refractivity contribution in [3.05, 3.63) is 70.8 Å². The van der Waals surface area contributed by atoms with Crippen LogP contribution in [0.2, 0.25) is 0 Å². The zero-order valence-corrected chi connectivity index (χ0v) is 17.0. The molecule has 1 unspecified atom stereocenters. The summed E-state index contributed by atoms with van der Waals surface area (Å²) in [5.41, 5.74) is 1.52. The third kappa shape index (κ3) is 4.56. The Kier molecular flexibility index (Phi) is 6.61. The van der Waals surface area contributed by atoms with Gasteiger partial charge in [-0.05, 0) is 37.1 Å². The lowest BCUT2D eigenvalue weighted by Gasteiger charge is -2.14. The fourth-order valence-corrected chi connectivity index (χ4v) is 3.15. The molecule has 0 fully saturated rings. The van der Waals surface area contributed by atoms with Crippen LogP contribution in [0.3, 0.4) is 0 Å². The van der Waals surface area contributed by atoms with E-state index in [1.807, 2.05) is 37.3 Å². The Balaban J connectivity index is 1.62. The van der Waals surface area contributed by atoms with E-state index in [0.717, 1.165) is 18.4 Å². The first-order valence-corrected chi connectivity index (χ1v) is 9.95. The monoisotopic (exact) mass is 408 g/mol. The average Bonchev–Trinajstić information content (AvgIpc) is 3.00. The van der Waals surface area contributed by atoms with E-state index in [4.69, 9.17) is 4.74 Å².